The monoisotopic (exact) mass is 170 g/mol. The van der Waals surface area contributed by atoms with Crippen molar-refractivity contribution in [2.45, 2.75) is 0 Å². The quantitative estimate of drug-likeness (QED) is 0.646. The van der Waals surface area contributed by atoms with E-state index in [1.165, 1.54) is 0 Å². The molecule has 0 spiro atoms. The van der Waals surface area contributed by atoms with Crippen LogP contribution in [0.2, 0.25) is 0 Å². The molecule has 1 N–H and O–H groups in total. The maximum atomic E-state index is 10.2. The predicted octanol–water partition coefficient (Wildman–Crippen LogP) is 1.38. The van der Waals surface area contributed by atoms with Crippen LogP contribution in [-0.2, 0) is 21.7 Å². The number of hydrogen-bond donors (Lipinski definition) is 1. The molecule has 0 unspecified atom stereocenters. The first-order valence-corrected chi connectivity index (χ1v) is 2.59. The summed E-state index contributed by atoms with van der Waals surface area (Å²) in [6.07, 6.45) is 0. The van der Waals surface area contributed by atoms with Gasteiger partial charge in [0.25, 0.3) is 0 Å². The SMILES string of the molecule is O=C(O)c1ccccc1.[Ti]. The van der Waals surface area contributed by atoms with E-state index in [1.807, 2.05) is 0 Å². The van der Waals surface area contributed by atoms with Gasteiger partial charge in [-0.2, -0.15) is 0 Å². The van der Waals surface area contributed by atoms with Crippen LogP contribution in [0, 0.1) is 0 Å². The van der Waals surface area contributed by atoms with Crippen LogP contribution in [0.3, 0.4) is 0 Å². The number of carboxylic acid groups (broad SMARTS) is 1. The number of carbonyl (C=O) groups is 1. The van der Waals surface area contributed by atoms with Crippen LogP contribution in [0.5, 0.6) is 0 Å². The van der Waals surface area contributed by atoms with Crippen molar-refractivity contribution >= 4 is 5.97 Å². The Morgan fingerprint density at radius 1 is 1.20 bits per heavy atom. The molecule has 1 aromatic carbocycles. The summed E-state index contributed by atoms with van der Waals surface area (Å²) in [7, 11) is 0. The van der Waals surface area contributed by atoms with Crippen LogP contribution >= 0.6 is 0 Å². The summed E-state index contributed by atoms with van der Waals surface area (Å²) in [6, 6.07) is 8.30. The number of aromatic carboxylic acids is 1. The van der Waals surface area contributed by atoms with E-state index >= 15 is 0 Å². The molecule has 0 bridgehead atoms. The maximum Gasteiger partial charge on any atom is 0.335 e. The third kappa shape index (κ3) is 2.34. The van der Waals surface area contributed by atoms with Gasteiger partial charge in [-0.05, 0) is 12.1 Å². The molecule has 3 heteroatoms. The smallest absolute Gasteiger partial charge is 0.335 e. The summed E-state index contributed by atoms with van der Waals surface area (Å²) in [5, 5.41) is 8.38. The molecule has 10 heavy (non-hydrogen) atoms. The predicted molar refractivity (Wildman–Crippen MR) is 33.4 cm³/mol. The van der Waals surface area contributed by atoms with Crippen molar-refractivity contribution in [1.29, 1.82) is 0 Å². The summed E-state index contributed by atoms with van der Waals surface area (Å²) < 4.78 is 0. The zero-order valence-corrected chi connectivity index (χ0v) is 6.80. The third-order valence-electron chi connectivity index (χ3n) is 1.02. The molecule has 0 aliphatic carbocycles. The average molecular weight is 170 g/mol. The molecule has 50 valence electrons. The van der Waals surface area contributed by atoms with Gasteiger partial charge in [0.15, 0.2) is 0 Å². The van der Waals surface area contributed by atoms with Gasteiger partial charge in [0.1, 0.15) is 0 Å². The van der Waals surface area contributed by atoms with Crippen molar-refractivity contribution in [3.05, 3.63) is 35.9 Å². The van der Waals surface area contributed by atoms with Crippen LogP contribution in [0.25, 0.3) is 0 Å². The normalized spacial score (nSPS) is 8.00. The van der Waals surface area contributed by atoms with Crippen molar-refractivity contribution in [2.75, 3.05) is 0 Å². The maximum absolute atomic E-state index is 10.2. The molecular weight excluding hydrogens is 164 g/mol. The molecule has 1 rings (SSSR count). The Bertz CT molecular complexity index is 208. The second-order valence-electron chi connectivity index (χ2n) is 1.67. The topological polar surface area (TPSA) is 37.3 Å². The minimum absolute atomic E-state index is 0. The zero-order valence-electron chi connectivity index (χ0n) is 5.24. The molecule has 0 radical (unpaired) electrons. The summed E-state index contributed by atoms with van der Waals surface area (Å²) in [5.41, 5.74) is 0.331. The van der Waals surface area contributed by atoms with Crippen LogP contribution in [0.1, 0.15) is 10.4 Å². The van der Waals surface area contributed by atoms with Crippen LogP contribution in [0.4, 0.5) is 0 Å². The minimum Gasteiger partial charge on any atom is -0.478 e. The van der Waals surface area contributed by atoms with E-state index in [1.54, 1.807) is 30.3 Å². The molecular formula is C7H6O2Ti. The van der Waals surface area contributed by atoms with Gasteiger partial charge >= 0.3 is 5.97 Å². The van der Waals surface area contributed by atoms with Gasteiger partial charge in [0.2, 0.25) is 0 Å². The Morgan fingerprint density at radius 3 is 2.00 bits per heavy atom. The van der Waals surface area contributed by atoms with Gasteiger partial charge in [0, 0.05) is 21.7 Å². The van der Waals surface area contributed by atoms with Crippen molar-refractivity contribution in [1.82, 2.24) is 0 Å². The minimum atomic E-state index is -0.879. The summed E-state index contributed by atoms with van der Waals surface area (Å²) in [6.45, 7) is 0. The molecule has 0 amide bonds. The standard InChI is InChI=1S/C7H6O2.Ti/c8-7(9)6-4-2-1-3-5-6;/h1-5H,(H,8,9);. The Kier molecular flexibility index (Phi) is 4.00. The number of rotatable bonds is 1. The molecule has 0 saturated carbocycles. The van der Waals surface area contributed by atoms with E-state index in [-0.39, 0.29) is 21.7 Å². The second kappa shape index (κ2) is 4.26. The average Bonchev–Trinajstić information content (AvgIpc) is 1.90. The molecule has 0 aromatic heterocycles. The van der Waals surface area contributed by atoms with Gasteiger partial charge in [0.05, 0.1) is 5.56 Å². The third-order valence-corrected chi connectivity index (χ3v) is 1.02. The number of carboxylic acids is 1. The molecule has 0 atom stereocenters. The largest absolute Gasteiger partial charge is 0.478 e. The van der Waals surface area contributed by atoms with Crippen LogP contribution < -0.4 is 0 Å². The van der Waals surface area contributed by atoms with Gasteiger partial charge in [-0.25, -0.2) is 4.79 Å². The first kappa shape index (κ1) is 9.40. The Hall–Kier alpha value is -0.596. The molecule has 2 nitrogen and oxygen atoms in total. The molecule has 1 aromatic rings. The van der Waals surface area contributed by atoms with Crippen molar-refractivity contribution < 1.29 is 31.6 Å². The van der Waals surface area contributed by atoms with E-state index in [9.17, 15) is 4.79 Å². The fraction of sp³-hybridized carbons (Fsp3) is 0. The Balaban J connectivity index is 0.000000810. The van der Waals surface area contributed by atoms with Crippen molar-refractivity contribution in [3.63, 3.8) is 0 Å². The fourth-order valence-corrected chi connectivity index (χ4v) is 0.581. The van der Waals surface area contributed by atoms with E-state index in [0.717, 1.165) is 0 Å². The number of benzene rings is 1. The second-order valence-corrected chi connectivity index (χ2v) is 1.67. The molecule has 0 aliphatic heterocycles. The van der Waals surface area contributed by atoms with E-state index in [0.29, 0.717) is 5.56 Å². The van der Waals surface area contributed by atoms with E-state index in [2.05, 4.69) is 0 Å². The Morgan fingerprint density at radius 2 is 1.70 bits per heavy atom. The molecule has 0 saturated heterocycles. The first-order valence-electron chi connectivity index (χ1n) is 2.59. The van der Waals surface area contributed by atoms with Gasteiger partial charge in [-0.1, -0.05) is 18.2 Å². The summed E-state index contributed by atoms with van der Waals surface area (Å²) >= 11 is 0. The van der Waals surface area contributed by atoms with E-state index in [4.69, 9.17) is 5.11 Å². The van der Waals surface area contributed by atoms with Gasteiger partial charge in [-0.3, -0.25) is 0 Å². The molecule has 0 aliphatic rings. The van der Waals surface area contributed by atoms with E-state index < -0.39 is 5.97 Å². The zero-order chi connectivity index (χ0) is 6.69. The van der Waals surface area contributed by atoms with Crippen molar-refractivity contribution in [2.24, 2.45) is 0 Å². The molecule has 0 fully saturated rings. The van der Waals surface area contributed by atoms with Gasteiger partial charge in [-0.15, -0.1) is 0 Å². The fourth-order valence-electron chi connectivity index (χ4n) is 0.581. The molecule has 0 heterocycles. The summed E-state index contributed by atoms with van der Waals surface area (Å²) in [4.78, 5) is 10.2. The van der Waals surface area contributed by atoms with Crippen molar-refractivity contribution in [3.8, 4) is 0 Å². The van der Waals surface area contributed by atoms with Gasteiger partial charge < -0.3 is 5.11 Å². The van der Waals surface area contributed by atoms with Crippen LogP contribution in [0.15, 0.2) is 30.3 Å². The Labute approximate surface area is 73.8 Å². The number of hydrogen-bond acceptors (Lipinski definition) is 1. The summed E-state index contributed by atoms with van der Waals surface area (Å²) in [5.74, 6) is -0.879. The van der Waals surface area contributed by atoms with Crippen LogP contribution in [-0.4, -0.2) is 11.1 Å². The first-order chi connectivity index (χ1) is 4.30.